The number of pyridine rings is 1. The maximum Gasteiger partial charge on any atom is 0.278 e. The summed E-state index contributed by atoms with van der Waals surface area (Å²) in [5.41, 5.74) is 1.82. The number of hydrogen-bond acceptors (Lipinski definition) is 6. The Morgan fingerprint density at radius 2 is 1.93 bits per heavy atom. The van der Waals surface area contributed by atoms with Crippen LogP contribution in [-0.2, 0) is 20.9 Å². The lowest BCUT2D eigenvalue weighted by atomic mass is 10.1. The number of hydrogen-bond donors (Lipinski definition) is 0. The van der Waals surface area contributed by atoms with Gasteiger partial charge in [0.05, 0.1) is 24.3 Å². The van der Waals surface area contributed by atoms with Crippen molar-refractivity contribution in [1.29, 1.82) is 0 Å². The molecule has 2 aliphatic rings. The van der Waals surface area contributed by atoms with Crippen LogP contribution in [0.2, 0.25) is 0 Å². The molecule has 140 valence electrons. The molecule has 0 saturated carbocycles. The zero-order valence-electron chi connectivity index (χ0n) is 15.3. The maximum absolute atomic E-state index is 13.3. The fourth-order valence-electron chi connectivity index (χ4n) is 3.68. The second-order valence-electron chi connectivity index (χ2n) is 6.92. The van der Waals surface area contributed by atoms with E-state index in [9.17, 15) is 9.59 Å². The Hall–Kier alpha value is -2.51. The molecule has 0 spiro atoms. The van der Waals surface area contributed by atoms with Gasteiger partial charge in [0.2, 0.25) is 0 Å². The molecule has 0 bridgehead atoms. The molecule has 2 atom stereocenters. The molecule has 4 rings (SSSR count). The summed E-state index contributed by atoms with van der Waals surface area (Å²) in [7, 11) is 0. The number of carbonyl (C=O) groups is 2. The number of rotatable bonds is 4. The zero-order valence-corrected chi connectivity index (χ0v) is 16.1. The SMILES string of the molecule is CC1CN(C2=C(c3cccs3)C(=O)N(Cc3cccnc3)C2=O)CC(C)O1. The zero-order chi connectivity index (χ0) is 19.0. The van der Waals surface area contributed by atoms with Crippen molar-refractivity contribution in [3.05, 3.63) is 58.2 Å². The largest absolute Gasteiger partial charge is 0.372 e. The summed E-state index contributed by atoms with van der Waals surface area (Å²) >= 11 is 1.48. The van der Waals surface area contributed by atoms with Crippen LogP contribution >= 0.6 is 11.3 Å². The molecular weight excluding hydrogens is 362 g/mol. The monoisotopic (exact) mass is 383 g/mol. The third-order valence-corrected chi connectivity index (χ3v) is 5.60. The van der Waals surface area contributed by atoms with Crippen molar-refractivity contribution >= 4 is 28.7 Å². The van der Waals surface area contributed by atoms with E-state index in [1.54, 1.807) is 18.5 Å². The average Bonchev–Trinajstić information content (AvgIpc) is 3.24. The number of amides is 2. The van der Waals surface area contributed by atoms with Crippen molar-refractivity contribution in [3.63, 3.8) is 0 Å². The van der Waals surface area contributed by atoms with Crippen LogP contribution in [0, 0.1) is 0 Å². The molecule has 2 amide bonds. The van der Waals surface area contributed by atoms with Gasteiger partial charge in [-0.05, 0) is 36.9 Å². The van der Waals surface area contributed by atoms with Gasteiger partial charge in [0.25, 0.3) is 11.8 Å². The van der Waals surface area contributed by atoms with Gasteiger partial charge < -0.3 is 9.64 Å². The minimum atomic E-state index is -0.242. The molecule has 2 aliphatic heterocycles. The molecule has 6 nitrogen and oxygen atoms in total. The Bertz CT molecular complexity index is 869. The first-order chi connectivity index (χ1) is 13.0. The lowest BCUT2D eigenvalue weighted by Gasteiger charge is -2.37. The van der Waals surface area contributed by atoms with Gasteiger partial charge in [-0.15, -0.1) is 11.3 Å². The van der Waals surface area contributed by atoms with Crippen LogP contribution in [0.3, 0.4) is 0 Å². The van der Waals surface area contributed by atoms with Crippen LogP contribution in [0.5, 0.6) is 0 Å². The first kappa shape index (κ1) is 17.9. The molecule has 2 aromatic heterocycles. The Labute approximate surface area is 162 Å². The van der Waals surface area contributed by atoms with Gasteiger partial charge in [0.1, 0.15) is 5.70 Å². The Kier molecular flexibility index (Phi) is 4.80. The van der Waals surface area contributed by atoms with Gasteiger partial charge in [-0.1, -0.05) is 12.1 Å². The van der Waals surface area contributed by atoms with Crippen LogP contribution in [0.25, 0.3) is 5.57 Å². The second kappa shape index (κ2) is 7.25. The van der Waals surface area contributed by atoms with E-state index in [-0.39, 0.29) is 30.6 Å². The fourth-order valence-corrected chi connectivity index (χ4v) is 4.44. The lowest BCUT2D eigenvalue weighted by Crippen LogP contribution is -2.46. The van der Waals surface area contributed by atoms with E-state index in [0.29, 0.717) is 24.4 Å². The second-order valence-corrected chi connectivity index (χ2v) is 7.87. The molecule has 2 unspecified atom stereocenters. The number of imide groups is 1. The number of thiophene rings is 1. The van der Waals surface area contributed by atoms with Crippen LogP contribution in [0.4, 0.5) is 0 Å². The van der Waals surface area contributed by atoms with Gasteiger partial charge in [-0.3, -0.25) is 19.5 Å². The van der Waals surface area contributed by atoms with Crippen molar-refractivity contribution < 1.29 is 14.3 Å². The smallest absolute Gasteiger partial charge is 0.278 e. The van der Waals surface area contributed by atoms with E-state index in [2.05, 4.69) is 4.98 Å². The Morgan fingerprint density at radius 1 is 1.15 bits per heavy atom. The summed E-state index contributed by atoms with van der Waals surface area (Å²) in [5, 5.41) is 1.92. The van der Waals surface area contributed by atoms with E-state index in [4.69, 9.17) is 4.74 Å². The highest BCUT2D eigenvalue weighted by Crippen LogP contribution is 2.35. The molecule has 2 aromatic rings. The third kappa shape index (κ3) is 3.40. The summed E-state index contributed by atoms with van der Waals surface area (Å²) in [5.74, 6) is -0.485. The number of aromatic nitrogens is 1. The predicted molar refractivity (Wildman–Crippen MR) is 103 cm³/mol. The first-order valence-corrected chi connectivity index (χ1v) is 9.86. The standard InChI is InChI=1S/C20H21N3O3S/c1-13-10-22(11-14(2)26-13)18-17(16-6-4-8-27-16)19(24)23(20(18)25)12-15-5-3-7-21-9-15/h3-9,13-14H,10-12H2,1-2H3. The highest BCUT2D eigenvalue weighted by molar-refractivity contribution is 7.11. The van der Waals surface area contributed by atoms with E-state index >= 15 is 0 Å². The topological polar surface area (TPSA) is 62.7 Å². The van der Waals surface area contributed by atoms with Crippen LogP contribution in [0.15, 0.2) is 47.7 Å². The normalized spacial score (nSPS) is 23.5. The summed E-state index contributed by atoms with van der Waals surface area (Å²) < 4.78 is 5.81. The van der Waals surface area contributed by atoms with E-state index in [0.717, 1.165) is 10.4 Å². The van der Waals surface area contributed by atoms with Crippen molar-refractivity contribution in [2.24, 2.45) is 0 Å². The summed E-state index contributed by atoms with van der Waals surface area (Å²) in [4.78, 5) is 34.7. The van der Waals surface area contributed by atoms with Crippen molar-refractivity contribution in [2.45, 2.75) is 32.6 Å². The van der Waals surface area contributed by atoms with Crippen molar-refractivity contribution in [1.82, 2.24) is 14.8 Å². The molecule has 27 heavy (non-hydrogen) atoms. The molecule has 7 heteroatoms. The quantitative estimate of drug-likeness (QED) is 0.760. The number of morpholine rings is 1. The minimum absolute atomic E-state index is 0.00103. The van der Waals surface area contributed by atoms with Gasteiger partial charge in [-0.2, -0.15) is 0 Å². The van der Waals surface area contributed by atoms with E-state index in [1.807, 2.05) is 42.3 Å². The van der Waals surface area contributed by atoms with Gasteiger partial charge in [0.15, 0.2) is 0 Å². The molecule has 1 saturated heterocycles. The number of ether oxygens (including phenoxy) is 1. The number of carbonyl (C=O) groups excluding carboxylic acids is 2. The molecule has 0 radical (unpaired) electrons. The minimum Gasteiger partial charge on any atom is -0.372 e. The van der Waals surface area contributed by atoms with Crippen molar-refractivity contribution in [2.75, 3.05) is 13.1 Å². The predicted octanol–water partition coefficient (Wildman–Crippen LogP) is 2.53. The van der Waals surface area contributed by atoms with Crippen LogP contribution in [-0.4, -0.2) is 51.9 Å². The fraction of sp³-hybridized carbons (Fsp3) is 0.350. The Morgan fingerprint density at radius 3 is 2.56 bits per heavy atom. The van der Waals surface area contributed by atoms with Gasteiger partial charge in [-0.25, -0.2) is 0 Å². The molecule has 4 heterocycles. The molecule has 0 aromatic carbocycles. The van der Waals surface area contributed by atoms with Crippen LogP contribution in [0.1, 0.15) is 24.3 Å². The highest BCUT2D eigenvalue weighted by atomic mass is 32.1. The molecule has 1 fully saturated rings. The molecule has 0 N–H and O–H groups in total. The summed E-state index contributed by atoms with van der Waals surface area (Å²) in [6, 6.07) is 7.47. The summed E-state index contributed by atoms with van der Waals surface area (Å²) in [6.45, 7) is 5.38. The maximum atomic E-state index is 13.3. The highest BCUT2D eigenvalue weighted by Gasteiger charge is 2.43. The van der Waals surface area contributed by atoms with Crippen LogP contribution < -0.4 is 0 Å². The molecule has 0 aliphatic carbocycles. The average molecular weight is 383 g/mol. The van der Waals surface area contributed by atoms with Crippen molar-refractivity contribution in [3.8, 4) is 0 Å². The Balaban J connectivity index is 1.72. The number of nitrogens with zero attached hydrogens (tertiary/aromatic N) is 3. The lowest BCUT2D eigenvalue weighted by molar-refractivity contribution is -0.139. The van der Waals surface area contributed by atoms with Gasteiger partial charge >= 0.3 is 0 Å². The first-order valence-electron chi connectivity index (χ1n) is 8.98. The van der Waals surface area contributed by atoms with Gasteiger partial charge in [0, 0.05) is 30.4 Å². The van der Waals surface area contributed by atoms with E-state index in [1.165, 1.54) is 16.2 Å². The van der Waals surface area contributed by atoms with E-state index < -0.39 is 0 Å². The third-order valence-electron chi connectivity index (χ3n) is 4.71. The molecular formula is C20H21N3O3S. The summed E-state index contributed by atoms with van der Waals surface area (Å²) in [6.07, 6.45) is 3.36.